The highest BCUT2D eigenvalue weighted by atomic mass is 16.5. The molecule has 0 aromatic carbocycles. The van der Waals surface area contributed by atoms with Gasteiger partial charge in [0.2, 0.25) is 5.91 Å². The van der Waals surface area contributed by atoms with Gasteiger partial charge in [0.25, 0.3) is 5.91 Å². The summed E-state index contributed by atoms with van der Waals surface area (Å²) in [5, 5.41) is 0. The van der Waals surface area contributed by atoms with Crippen molar-refractivity contribution >= 4 is 17.6 Å². The predicted molar refractivity (Wildman–Crippen MR) is 89.7 cm³/mol. The minimum atomic E-state index is -0.333. The van der Waals surface area contributed by atoms with E-state index in [1.807, 2.05) is 13.0 Å². The number of anilines is 1. The Morgan fingerprint density at radius 3 is 2.62 bits per heavy atom. The van der Waals surface area contributed by atoms with Crippen LogP contribution in [0.1, 0.15) is 30.1 Å². The van der Waals surface area contributed by atoms with Crippen molar-refractivity contribution in [1.29, 1.82) is 0 Å². The molecule has 2 fully saturated rings. The summed E-state index contributed by atoms with van der Waals surface area (Å²) in [6.07, 6.45) is 3.15. The van der Waals surface area contributed by atoms with Gasteiger partial charge in [-0.1, -0.05) is 0 Å². The number of nitrogens with two attached hydrogens (primary N) is 1. The maximum absolute atomic E-state index is 12.8. The van der Waals surface area contributed by atoms with Crippen molar-refractivity contribution in [3.05, 3.63) is 23.9 Å². The number of rotatable bonds is 3. The van der Waals surface area contributed by atoms with Gasteiger partial charge in [0, 0.05) is 31.9 Å². The highest BCUT2D eigenvalue weighted by Crippen LogP contribution is 2.24. The molecule has 2 aliphatic rings. The number of primary amides is 1. The Hall–Kier alpha value is -2.15. The zero-order valence-corrected chi connectivity index (χ0v) is 14.0. The van der Waals surface area contributed by atoms with Gasteiger partial charge in [-0.2, -0.15) is 0 Å². The third-order valence-electron chi connectivity index (χ3n) is 4.88. The molecule has 2 amide bonds. The Bertz CT molecular complexity index is 598. The first kappa shape index (κ1) is 16.7. The van der Waals surface area contributed by atoms with Crippen molar-refractivity contribution in [3.8, 4) is 0 Å². The average Bonchev–Trinajstić information content (AvgIpc) is 2.62. The van der Waals surface area contributed by atoms with Crippen LogP contribution in [0.5, 0.6) is 0 Å². The smallest absolute Gasteiger partial charge is 0.255 e. The Kier molecular flexibility index (Phi) is 4.99. The van der Waals surface area contributed by atoms with Crippen LogP contribution in [0.25, 0.3) is 0 Å². The molecule has 1 aromatic heterocycles. The molecule has 0 unspecified atom stereocenters. The van der Waals surface area contributed by atoms with Crippen LogP contribution in [0.15, 0.2) is 18.3 Å². The molecule has 2 N–H and O–H groups in total. The lowest BCUT2D eigenvalue weighted by Gasteiger charge is -2.37. The largest absolute Gasteiger partial charge is 0.378 e. The summed E-state index contributed by atoms with van der Waals surface area (Å²) >= 11 is 0. The number of nitrogens with zero attached hydrogens (tertiary/aromatic N) is 3. The lowest BCUT2D eigenvalue weighted by atomic mass is 9.92. The van der Waals surface area contributed by atoms with Crippen LogP contribution in [0.3, 0.4) is 0 Å². The van der Waals surface area contributed by atoms with E-state index in [0.717, 1.165) is 31.7 Å². The van der Waals surface area contributed by atoms with E-state index in [1.165, 1.54) is 0 Å². The Morgan fingerprint density at radius 2 is 2.00 bits per heavy atom. The van der Waals surface area contributed by atoms with Crippen LogP contribution < -0.4 is 10.6 Å². The third kappa shape index (κ3) is 3.51. The highest BCUT2D eigenvalue weighted by Gasteiger charge is 2.32. The molecule has 7 heteroatoms. The first-order chi connectivity index (χ1) is 11.6. The fourth-order valence-electron chi connectivity index (χ4n) is 3.28. The first-order valence-corrected chi connectivity index (χ1v) is 8.45. The first-order valence-electron chi connectivity index (χ1n) is 8.45. The van der Waals surface area contributed by atoms with Gasteiger partial charge < -0.3 is 20.3 Å². The van der Waals surface area contributed by atoms with E-state index in [0.29, 0.717) is 25.3 Å². The van der Waals surface area contributed by atoms with E-state index < -0.39 is 0 Å². The van der Waals surface area contributed by atoms with Gasteiger partial charge >= 0.3 is 0 Å². The van der Waals surface area contributed by atoms with E-state index in [1.54, 1.807) is 17.2 Å². The number of hydrogen-bond donors (Lipinski definition) is 1. The van der Waals surface area contributed by atoms with Crippen LogP contribution in [0, 0.1) is 5.92 Å². The summed E-state index contributed by atoms with van der Waals surface area (Å²) in [5.41, 5.74) is 5.96. The SMILES string of the molecule is C[C@H]1CC[C@H](C(N)=O)CN1C(=O)c1ccc(N2CCOCC2)nc1. The minimum Gasteiger partial charge on any atom is -0.378 e. The number of ether oxygens (including phenoxy) is 1. The van der Waals surface area contributed by atoms with E-state index >= 15 is 0 Å². The molecule has 3 rings (SSSR count). The number of amides is 2. The van der Waals surface area contributed by atoms with Crippen molar-refractivity contribution in [3.63, 3.8) is 0 Å². The Morgan fingerprint density at radius 1 is 1.25 bits per heavy atom. The van der Waals surface area contributed by atoms with Gasteiger partial charge in [-0.3, -0.25) is 9.59 Å². The molecule has 0 spiro atoms. The van der Waals surface area contributed by atoms with Crippen LogP contribution >= 0.6 is 0 Å². The van der Waals surface area contributed by atoms with E-state index in [2.05, 4.69) is 9.88 Å². The Labute approximate surface area is 141 Å². The topological polar surface area (TPSA) is 88.8 Å². The van der Waals surface area contributed by atoms with Crippen LogP contribution in [0.2, 0.25) is 0 Å². The van der Waals surface area contributed by atoms with E-state index in [4.69, 9.17) is 10.5 Å². The van der Waals surface area contributed by atoms with Crippen molar-refractivity contribution in [1.82, 2.24) is 9.88 Å². The second kappa shape index (κ2) is 7.17. The molecule has 0 bridgehead atoms. The highest BCUT2D eigenvalue weighted by molar-refractivity contribution is 5.94. The molecule has 24 heavy (non-hydrogen) atoms. The monoisotopic (exact) mass is 332 g/mol. The maximum Gasteiger partial charge on any atom is 0.255 e. The number of hydrogen-bond acceptors (Lipinski definition) is 5. The fraction of sp³-hybridized carbons (Fsp3) is 0.588. The molecule has 7 nitrogen and oxygen atoms in total. The van der Waals surface area contributed by atoms with Gasteiger partial charge in [-0.05, 0) is 31.9 Å². The number of aromatic nitrogens is 1. The second-order valence-corrected chi connectivity index (χ2v) is 6.49. The van der Waals surface area contributed by atoms with Gasteiger partial charge in [-0.25, -0.2) is 4.98 Å². The zero-order chi connectivity index (χ0) is 17.1. The maximum atomic E-state index is 12.8. The summed E-state index contributed by atoms with van der Waals surface area (Å²) in [7, 11) is 0. The summed E-state index contributed by atoms with van der Waals surface area (Å²) in [6.45, 7) is 5.41. The second-order valence-electron chi connectivity index (χ2n) is 6.49. The van der Waals surface area contributed by atoms with Gasteiger partial charge in [-0.15, -0.1) is 0 Å². The van der Waals surface area contributed by atoms with Crippen LogP contribution in [-0.4, -0.2) is 60.6 Å². The third-order valence-corrected chi connectivity index (χ3v) is 4.88. The summed E-state index contributed by atoms with van der Waals surface area (Å²) < 4.78 is 5.34. The van der Waals surface area contributed by atoms with Crippen molar-refractivity contribution in [2.45, 2.75) is 25.8 Å². The van der Waals surface area contributed by atoms with Crippen molar-refractivity contribution < 1.29 is 14.3 Å². The number of likely N-dealkylation sites (tertiary alicyclic amines) is 1. The predicted octanol–water partition coefficient (Wildman–Crippen LogP) is 0.644. The van der Waals surface area contributed by atoms with Crippen molar-refractivity contribution in [2.24, 2.45) is 11.7 Å². The summed E-state index contributed by atoms with van der Waals surface area (Å²) in [5.74, 6) is 0.178. The summed E-state index contributed by atoms with van der Waals surface area (Å²) in [6, 6.07) is 3.78. The number of pyridine rings is 1. The van der Waals surface area contributed by atoms with Crippen LogP contribution in [0.4, 0.5) is 5.82 Å². The van der Waals surface area contributed by atoms with Gasteiger partial charge in [0.05, 0.1) is 24.7 Å². The standard InChI is InChI=1S/C17H24N4O3/c1-12-2-3-14(16(18)22)11-21(12)17(23)13-4-5-15(19-10-13)20-6-8-24-9-7-20/h4-5,10,12,14H,2-3,6-9,11H2,1H3,(H2,18,22)/t12-,14-/m0/s1. The fourth-order valence-corrected chi connectivity index (χ4v) is 3.28. The normalized spacial score (nSPS) is 24.7. The number of morpholine rings is 1. The number of carbonyl (C=O) groups excluding carboxylic acids is 2. The summed E-state index contributed by atoms with van der Waals surface area (Å²) in [4.78, 5) is 32.5. The lowest BCUT2D eigenvalue weighted by Crippen LogP contribution is -2.48. The molecule has 0 saturated carbocycles. The number of piperidine rings is 1. The van der Waals surface area contributed by atoms with Gasteiger partial charge in [0.15, 0.2) is 0 Å². The molecule has 0 radical (unpaired) electrons. The molecule has 1 aromatic rings. The quantitative estimate of drug-likeness (QED) is 0.878. The average molecular weight is 332 g/mol. The molecular weight excluding hydrogens is 308 g/mol. The molecule has 130 valence electrons. The Balaban J connectivity index is 1.70. The molecule has 3 heterocycles. The minimum absolute atomic E-state index is 0.0884. The molecule has 2 saturated heterocycles. The number of carbonyl (C=O) groups is 2. The van der Waals surface area contributed by atoms with Crippen molar-refractivity contribution in [2.75, 3.05) is 37.7 Å². The van der Waals surface area contributed by atoms with E-state index in [9.17, 15) is 9.59 Å². The van der Waals surface area contributed by atoms with Gasteiger partial charge in [0.1, 0.15) is 5.82 Å². The lowest BCUT2D eigenvalue weighted by molar-refractivity contribution is -0.123. The molecule has 0 aliphatic carbocycles. The molecule has 2 aliphatic heterocycles. The molecular formula is C17H24N4O3. The zero-order valence-electron chi connectivity index (χ0n) is 14.0. The van der Waals surface area contributed by atoms with E-state index in [-0.39, 0.29) is 23.8 Å². The molecule has 2 atom stereocenters. The van der Waals surface area contributed by atoms with Crippen LogP contribution in [-0.2, 0) is 9.53 Å².